The molecular weight excluding hydrogens is 446 g/mol. The van der Waals surface area contributed by atoms with Gasteiger partial charge in [-0.15, -0.1) is 9.53 Å². The number of ether oxygens (including phenoxy) is 1. The second kappa shape index (κ2) is 7.92. The van der Waals surface area contributed by atoms with Gasteiger partial charge in [0.2, 0.25) is 0 Å². The Morgan fingerprint density at radius 2 is 2.03 bits per heavy atom. The smallest absolute Gasteiger partial charge is 0.186 e. The highest BCUT2D eigenvalue weighted by Gasteiger charge is 2.25. The second-order valence-corrected chi connectivity index (χ2v) is 11.3. The fourth-order valence-electron chi connectivity index (χ4n) is 3.79. The zero-order chi connectivity index (χ0) is 23.1. The number of hydrogen-bond acceptors (Lipinski definition) is 8. The average molecular weight is 472 g/mol. The van der Waals surface area contributed by atoms with E-state index in [1.54, 1.807) is 24.5 Å². The van der Waals surface area contributed by atoms with Crippen molar-refractivity contribution in [3.63, 3.8) is 0 Å². The first kappa shape index (κ1) is 21.5. The molecule has 3 aromatic heterocycles. The molecule has 1 aromatic carbocycles. The van der Waals surface area contributed by atoms with Crippen molar-refractivity contribution in [2.75, 3.05) is 49.8 Å². The predicted octanol–water partition coefficient (Wildman–Crippen LogP) is 2.61. The molecule has 1 fully saturated rings. The summed E-state index contributed by atoms with van der Waals surface area (Å²) in [6.07, 6.45) is 4.29. The molecule has 0 amide bonds. The van der Waals surface area contributed by atoms with Gasteiger partial charge in [-0.2, -0.15) is 9.31 Å². The van der Waals surface area contributed by atoms with Crippen LogP contribution in [0.15, 0.2) is 52.2 Å². The van der Waals surface area contributed by atoms with Crippen LogP contribution in [0.3, 0.4) is 0 Å². The van der Waals surface area contributed by atoms with Gasteiger partial charge in [-0.1, -0.05) is 0 Å². The predicted molar refractivity (Wildman–Crippen MR) is 126 cm³/mol. The van der Waals surface area contributed by atoms with Crippen LogP contribution in [0, 0.1) is 0 Å². The molecule has 0 atom stereocenters. The van der Waals surface area contributed by atoms with Gasteiger partial charge in [0.05, 0.1) is 41.1 Å². The lowest BCUT2D eigenvalue weighted by atomic mass is 10.2. The highest BCUT2D eigenvalue weighted by atomic mass is 32.3. The third-order valence-electron chi connectivity index (χ3n) is 5.73. The maximum absolute atomic E-state index is 13.2. The largest absolute Gasteiger partial charge is 0.463 e. The minimum Gasteiger partial charge on any atom is -0.463 e. The van der Waals surface area contributed by atoms with E-state index in [1.807, 2.05) is 12.1 Å². The summed E-state index contributed by atoms with van der Waals surface area (Å²) in [6.45, 7) is 2.61. The normalized spacial score (nSPS) is 16.0. The maximum atomic E-state index is 13.2. The zero-order valence-electron chi connectivity index (χ0n) is 18.2. The van der Waals surface area contributed by atoms with Crippen molar-refractivity contribution >= 4 is 37.8 Å². The van der Waals surface area contributed by atoms with Crippen LogP contribution in [0.4, 0.5) is 17.2 Å². The number of anilines is 3. The number of aromatic amines is 1. The number of aromatic nitrogens is 4. The number of fused-ring (bicyclic) bond motifs is 1. The van der Waals surface area contributed by atoms with Crippen LogP contribution < -0.4 is 14.9 Å². The Labute approximate surface area is 189 Å². The first-order valence-corrected chi connectivity index (χ1v) is 12.7. The van der Waals surface area contributed by atoms with Crippen LogP contribution >= 0.6 is 0 Å². The molecule has 11 nitrogen and oxygen atoms in total. The van der Waals surface area contributed by atoms with Crippen molar-refractivity contribution in [1.29, 1.82) is 0 Å². The molecule has 5 rings (SSSR count). The summed E-state index contributed by atoms with van der Waals surface area (Å²) in [5, 5.41) is 11.2. The van der Waals surface area contributed by atoms with Gasteiger partial charge in [-0.05, 0) is 30.3 Å². The Bertz CT molecular complexity index is 1360. The second-order valence-electron chi connectivity index (χ2n) is 7.89. The van der Waals surface area contributed by atoms with Crippen molar-refractivity contribution in [3.8, 4) is 11.5 Å². The van der Waals surface area contributed by atoms with Crippen LogP contribution in [0.25, 0.3) is 22.5 Å². The molecule has 4 N–H and O–H groups in total. The monoisotopic (exact) mass is 471 g/mol. The molecule has 1 saturated heterocycles. The molecule has 0 saturated carbocycles. The third-order valence-corrected chi connectivity index (χ3v) is 8.05. The van der Waals surface area contributed by atoms with Crippen LogP contribution in [-0.4, -0.2) is 68.5 Å². The SMILES string of the molecule is CNS(C)(=O)(O)c1ccc(N2CCOCC2)c(Nc2ncnc3n[nH]c(-c4ccco4)c23)c1. The van der Waals surface area contributed by atoms with Gasteiger partial charge >= 0.3 is 0 Å². The number of furan rings is 1. The summed E-state index contributed by atoms with van der Waals surface area (Å²) >= 11 is 0. The number of hydrogen-bond donors (Lipinski definition) is 4. The number of H-pyrrole nitrogens is 1. The van der Waals surface area contributed by atoms with Gasteiger partial charge in [0.1, 0.15) is 17.8 Å². The van der Waals surface area contributed by atoms with Crippen molar-refractivity contribution in [1.82, 2.24) is 24.9 Å². The van der Waals surface area contributed by atoms with E-state index in [4.69, 9.17) is 9.15 Å². The molecule has 0 bridgehead atoms. The van der Waals surface area contributed by atoms with Crippen LogP contribution in [0.2, 0.25) is 0 Å². The Morgan fingerprint density at radius 3 is 2.76 bits per heavy atom. The fourth-order valence-corrected chi connectivity index (χ4v) is 4.81. The van der Waals surface area contributed by atoms with E-state index in [9.17, 15) is 8.76 Å². The molecular formula is C21H25N7O4S. The topological polar surface area (TPSA) is 141 Å². The van der Waals surface area contributed by atoms with E-state index in [0.717, 1.165) is 5.69 Å². The van der Waals surface area contributed by atoms with Gasteiger partial charge in [0.25, 0.3) is 0 Å². The molecule has 12 heteroatoms. The van der Waals surface area contributed by atoms with E-state index < -0.39 is 9.53 Å². The first-order valence-electron chi connectivity index (χ1n) is 10.4. The quantitative estimate of drug-likeness (QED) is 0.334. The van der Waals surface area contributed by atoms with Crippen molar-refractivity contribution in [3.05, 3.63) is 42.9 Å². The Morgan fingerprint density at radius 1 is 1.21 bits per heavy atom. The van der Waals surface area contributed by atoms with E-state index in [-0.39, 0.29) is 4.90 Å². The van der Waals surface area contributed by atoms with E-state index >= 15 is 0 Å². The number of nitrogens with zero attached hydrogens (tertiary/aromatic N) is 4. The summed E-state index contributed by atoms with van der Waals surface area (Å²) in [5.41, 5.74) is 2.61. The van der Waals surface area contributed by atoms with Crippen molar-refractivity contribution < 1.29 is 17.9 Å². The van der Waals surface area contributed by atoms with E-state index in [0.29, 0.717) is 60.3 Å². The molecule has 0 unspecified atom stereocenters. The molecule has 4 aromatic rings. The van der Waals surface area contributed by atoms with Gasteiger partial charge in [-0.25, -0.2) is 14.7 Å². The Kier molecular flexibility index (Phi) is 5.16. The van der Waals surface area contributed by atoms with E-state index in [2.05, 4.69) is 35.1 Å². The number of benzene rings is 1. The lowest BCUT2D eigenvalue weighted by Crippen LogP contribution is -2.43. The van der Waals surface area contributed by atoms with Gasteiger partial charge < -0.3 is 19.4 Å². The number of nitrogens with one attached hydrogen (secondary N) is 3. The van der Waals surface area contributed by atoms with Crippen molar-refractivity contribution in [2.24, 2.45) is 0 Å². The zero-order valence-corrected chi connectivity index (χ0v) is 19.1. The molecule has 1 aliphatic rings. The highest BCUT2D eigenvalue weighted by molar-refractivity contribution is 8.12. The molecule has 0 spiro atoms. The summed E-state index contributed by atoms with van der Waals surface area (Å²) in [6, 6.07) is 8.80. The minimum absolute atomic E-state index is 0.262. The summed E-state index contributed by atoms with van der Waals surface area (Å²) in [7, 11) is -2.76. The molecule has 4 heterocycles. The molecule has 33 heavy (non-hydrogen) atoms. The average Bonchev–Trinajstić information content (AvgIpc) is 3.50. The number of rotatable bonds is 6. The summed E-state index contributed by atoms with van der Waals surface area (Å²) in [4.78, 5) is 11.1. The lowest BCUT2D eigenvalue weighted by molar-refractivity contribution is 0.123. The first-order chi connectivity index (χ1) is 15.8. The fraction of sp³-hybridized carbons (Fsp3) is 0.286. The Balaban J connectivity index is 1.65. The van der Waals surface area contributed by atoms with Gasteiger partial charge in [0.15, 0.2) is 11.4 Å². The molecule has 174 valence electrons. The standard InChI is InChI=1S/C21H25N7O4S/c1-22-33(2,29,30)14-5-6-16(28-7-10-31-11-8-28)15(12-14)25-20-18-19(17-4-3-9-32-17)26-27-21(18)24-13-23-20/h3-6,9,12-13H,7-8,10-11H2,1-2H3,(H2,22,29,30)(H2,23,24,25,26,27). The maximum Gasteiger partial charge on any atom is 0.186 e. The molecule has 0 radical (unpaired) electrons. The highest BCUT2D eigenvalue weighted by Crippen LogP contribution is 2.38. The van der Waals surface area contributed by atoms with Crippen LogP contribution in [-0.2, 0) is 14.3 Å². The van der Waals surface area contributed by atoms with Crippen molar-refractivity contribution in [2.45, 2.75) is 4.90 Å². The lowest BCUT2D eigenvalue weighted by Gasteiger charge is -2.39. The van der Waals surface area contributed by atoms with E-state index in [1.165, 1.54) is 19.6 Å². The molecule has 1 aliphatic heterocycles. The Hall–Kier alpha value is -3.32. The third kappa shape index (κ3) is 3.97. The number of morpholine rings is 1. The van der Waals surface area contributed by atoms with Gasteiger partial charge in [0, 0.05) is 26.4 Å². The molecule has 0 aliphatic carbocycles. The summed E-state index contributed by atoms with van der Waals surface area (Å²) < 4.78 is 37.6. The summed E-state index contributed by atoms with van der Waals surface area (Å²) in [5.74, 6) is 1.09. The minimum atomic E-state index is -4.22. The van der Waals surface area contributed by atoms with Crippen LogP contribution in [0.5, 0.6) is 0 Å². The van der Waals surface area contributed by atoms with Crippen LogP contribution in [0.1, 0.15) is 0 Å². The van der Waals surface area contributed by atoms with Gasteiger partial charge in [-0.3, -0.25) is 9.65 Å².